The highest BCUT2D eigenvalue weighted by molar-refractivity contribution is 9.10. The van der Waals surface area contributed by atoms with Crippen LogP contribution in [0.25, 0.3) is 0 Å². The van der Waals surface area contributed by atoms with Crippen LogP contribution in [-0.4, -0.2) is 13.1 Å². The number of hydrogen-bond donors (Lipinski definition) is 1. The summed E-state index contributed by atoms with van der Waals surface area (Å²) in [5.74, 6) is 0. The largest absolute Gasteiger partial charge is 0.397 e. The van der Waals surface area contributed by atoms with E-state index in [1.54, 1.807) is 0 Å². The maximum Gasteiger partial charge on any atom is 0.0617 e. The van der Waals surface area contributed by atoms with Crippen LogP contribution in [0.4, 0.5) is 11.4 Å². The average Bonchev–Trinajstić information content (AvgIpc) is 2.04. The van der Waals surface area contributed by atoms with Gasteiger partial charge in [-0.2, -0.15) is 0 Å². The van der Waals surface area contributed by atoms with Gasteiger partial charge in [-0.25, -0.2) is 0 Å². The minimum Gasteiger partial charge on any atom is -0.397 e. The fraction of sp³-hybridized carbons (Fsp3) is 0.200. The molecule has 1 heterocycles. The van der Waals surface area contributed by atoms with Gasteiger partial charge >= 0.3 is 0 Å². The minimum atomic E-state index is 0.829. The van der Waals surface area contributed by atoms with E-state index >= 15 is 0 Å². The van der Waals surface area contributed by atoms with Crippen LogP contribution >= 0.6 is 15.9 Å². The summed E-state index contributed by atoms with van der Waals surface area (Å²) >= 11 is 3.43. The van der Waals surface area contributed by atoms with Gasteiger partial charge in [-0.1, -0.05) is 22.5 Å². The molecule has 1 saturated heterocycles. The van der Waals surface area contributed by atoms with Gasteiger partial charge in [0.1, 0.15) is 0 Å². The summed E-state index contributed by atoms with van der Waals surface area (Å²) in [6.45, 7) is 5.76. The Labute approximate surface area is 86.2 Å². The van der Waals surface area contributed by atoms with Crippen molar-refractivity contribution in [1.29, 1.82) is 0 Å². The van der Waals surface area contributed by atoms with Crippen LogP contribution in [0.15, 0.2) is 34.8 Å². The first-order chi connectivity index (χ1) is 6.16. The predicted molar refractivity (Wildman–Crippen MR) is 59.9 cm³/mol. The number of hydrogen-bond acceptors (Lipinski definition) is 2. The maximum atomic E-state index is 5.85. The van der Waals surface area contributed by atoms with Crippen molar-refractivity contribution in [3.05, 3.63) is 34.8 Å². The lowest BCUT2D eigenvalue weighted by atomic mass is 10.1. The minimum absolute atomic E-state index is 0.829. The third-order valence-corrected chi connectivity index (χ3v) is 2.66. The zero-order valence-corrected chi connectivity index (χ0v) is 8.84. The van der Waals surface area contributed by atoms with Crippen molar-refractivity contribution in [3.8, 4) is 0 Å². The molecule has 2 rings (SSSR count). The van der Waals surface area contributed by atoms with Gasteiger partial charge < -0.3 is 10.6 Å². The van der Waals surface area contributed by atoms with E-state index in [2.05, 4.69) is 27.4 Å². The predicted octanol–water partition coefficient (Wildman–Crippen LogP) is 2.41. The SMILES string of the molecule is C=C1CN(c2cc(Br)ccc2N)C1. The zero-order chi connectivity index (χ0) is 9.42. The third kappa shape index (κ3) is 1.56. The number of rotatable bonds is 1. The molecule has 13 heavy (non-hydrogen) atoms. The van der Waals surface area contributed by atoms with Gasteiger partial charge in [-0.3, -0.25) is 0 Å². The first kappa shape index (κ1) is 8.63. The van der Waals surface area contributed by atoms with Crippen LogP contribution in [0, 0.1) is 0 Å². The summed E-state index contributed by atoms with van der Waals surface area (Å²) in [4.78, 5) is 2.21. The molecule has 1 fully saturated rings. The Bertz CT molecular complexity index is 352. The van der Waals surface area contributed by atoms with Crippen LogP contribution in [0.3, 0.4) is 0 Å². The van der Waals surface area contributed by atoms with Gasteiger partial charge in [0, 0.05) is 17.6 Å². The van der Waals surface area contributed by atoms with Gasteiger partial charge in [-0.15, -0.1) is 0 Å². The monoisotopic (exact) mass is 238 g/mol. The summed E-state index contributed by atoms with van der Waals surface area (Å²) in [6, 6.07) is 5.91. The molecule has 0 aromatic heterocycles. The van der Waals surface area contributed by atoms with Gasteiger partial charge in [0.05, 0.1) is 11.4 Å². The van der Waals surface area contributed by atoms with Crippen molar-refractivity contribution >= 4 is 27.3 Å². The lowest BCUT2D eigenvalue weighted by Crippen LogP contribution is -2.39. The Morgan fingerprint density at radius 3 is 2.69 bits per heavy atom. The normalized spacial score (nSPS) is 15.8. The second kappa shape index (κ2) is 3.07. The molecule has 0 spiro atoms. The first-order valence-electron chi connectivity index (χ1n) is 4.13. The summed E-state index contributed by atoms with van der Waals surface area (Å²) < 4.78 is 1.06. The Hall–Kier alpha value is -0.960. The summed E-state index contributed by atoms with van der Waals surface area (Å²) in [5.41, 5.74) is 9.04. The van der Waals surface area contributed by atoms with Gasteiger partial charge in [-0.05, 0) is 23.8 Å². The summed E-state index contributed by atoms with van der Waals surface area (Å²) in [5, 5.41) is 0. The first-order valence-corrected chi connectivity index (χ1v) is 4.93. The molecule has 3 heteroatoms. The lowest BCUT2D eigenvalue weighted by Gasteiger charge is -2.36. The van der Waals surface area contributed by atoms with E-state index in [1.807, 2.05) is 18.2 Å². The van der Waals surface area contributed by atoms with E-state index in [9.17, 15) is 0 Å². The Balaban J connectivity index is 2.29. The molecule has 0 aliphatic carbocycles. The molecular formula is C10H11BrN2. The highest BCUT2D eigenvalue weighted by Gasteiger charge is 2.20. The van der Waals surface area contributed by atoms with Crippen LogP contribution in [0.5, 0.6) is 0 Å². The second-order valence-corrected chi connectivity index (χ2v) is 4.22. The Kier molecular flexibility index (Phi) is 2.04. The topological polar surface area (TPSA) is 29.3 Å². The van der Waals surface area contributed by atoms with E-state index in [1.165, 1.54) is 5.57 Å². The fourth-order valence-electron chi connectivity index (χ4n) is 1.45. The smallest absolute Gasteiger partial charge is 0.0617 e. The van der Waals surface area contributed by atoms with E-state index in [0.29, 0.717) is 0 Å². The van der Waals surface area contributed by atoms with Crippen molar-refractivity contribution in [2.45, 2.75) is 0 Å². The van der Waals surface area contributed by atoms with Crippen LogP contribution in [0.2, 0.25) is 0 Å². The highest BCUT2D eigenvalue weighted by Crippen LogP contribution is 2.31. The zero-order valence-electron chi connectivity index (χ0n) is 7.26. The van der Waals surface area contributed by atoms with Crippen molar-refractivity contribution in [2.24, 2.45) is 0 Å². The Morgan fingerprint density at radius 2 is 2.08 bits per heavy atom. The van der Waals surface area contributed by atoms with Gasteiger partial charge in [0.2, 0.25) is 0 Å². The number of nitrogens with zero attached hydrogens (tertiary/aromatic N) is 1. The quantitative estimate of drug-likeness (QED) is 0.602. The molecule has 68 valence electrons. The molecule has 1 aliphatic rings. The maximum absolute atomic E-state index is 5.85. The molecule has 2 N–H and O–H groups in total. The van der Waals surface area contributed by atoms with Gasteiger partial charge in [0.25, 0.3) is 0 Å². The molecular weight excluding hydrogens is 228 g/mol. The van der Waals surface area contributed by atoms with Gasteiger partial charge in [0.15, 0.2) is 0 Å². The van der Waals surface area contributed by atoms with E-state index in [0.717, 1.165) is 28.9 Å². The van der Waals surface area contributed by atoms with Crippen molar-refractivity contribution < 1.29 is 0 Å². The molecule has 2 nitrogen and oxygen atoms in total. The Morgan fingerprint density at radius 1 is 1.38 bits per heavy atom. The molecule has 1 aromatic carbocycles. The number of benzene rings is 1. The lowest BCUT2D eigenvalue weighted by molar-refractivity contribution is 0.777. The van der Waals surface area contributed by atoms with Crippen molar-refractivity contribution in [3.63, 3.8) is 0 Å². The molecule has 0 amide bonds. The number of nitrogen functional groups attached to an aromatic ring is 1. The van der Waals surface area contributed by atoms with Crippen molar-refractivity contribution in [2.75, 3.05) is 23.7 Å². The third-order valence-electron chi connectivity index (χ3n) is 2.16. The molecule has 0 radical (unpaired) electrons. The molecule has 0 bridgehead atoms. The standard InChI is InChI=1S/C10H11BrN2/c1-7-5-13(6-7)10-4-8(11)2-3-9(10)12/h2-4H,1,5-6,12H2. The molecule has 1 aliphatic heterocycles. The second-order valence-electron chi connectivity index (χ2n) is 3.31. The van der Waals surface area contributed by atoms with E-state index < -0.39 is 0 Å². The number of anilines is 2. The highest BCUT2D eigenvalue weighted by atomic mass is 79.9. The molecule has 0 unspecified atom stereocenters. The number of halogens is 1. The molecule has 1 aromatic rings. The van der Waals surface area contributed by atoms with E-state index in [-0.39, 0.29) is 0 Å². The molecule has 0 saturated carbocycles. The number of nitrogens with two attached hydrogens (primary N) is 1. The van der Waals surface area contributed by atoms with Crippen LogP contribution in [0.1, 0.15) is 0 Å². The van der Waals surface area contributed by atoms with E-state index in [4.69, 9.17) is 5.73 Å². The average molecular weight is 239 g/mol. The molecule has 0 atom stereocenters. The van der Waals surface area contributed by atoms with Crippen LogP contribution < -0.4 is 10.6 Å². The fourth-order valence-corrected chi connectivity index (χ4v) is 1.80. The summed E-state index contributed by atoms with van der Waals surface area (Å²) in [6.07, 6.45) is 0. The van der Waals surface area contributed by atoms with Crippen LogP contribution in [-0.2, 0) is 0 Å². The summed E-state index contributed by atoms with van der Waals surface area (Å²) in [7, 11) is 0. The van der Waals surface area contributed by atoms with Crippen molar-refractivity contribution in [1.82, 2.24) is 0 Å².